The van der Waals surface area contributed by atoms with Gasteiger partial charge >= 0.3 is 12.1 Å². The van der Waals surface area contributed by atoms with Crippen molar-refractivity contribution in [1.29, 1.82) is 0 Å². The van der Waals surface area contributed by atoms with Gasteiger partial charge in [0.05, 0.1) is 10.2 Å². The van der Waals surface area contributed by atoms with Crippen LogP contribution < -0.4 is 5.32 Å². The zero-order valence-corrected chi connectivity index (χ0v) is 22.9. The van der Waals surface area contributed by atoms with Crippen LogP contribution in [0.2, 0.25) is 0 Å². The second kappa shape index (κ2) is 9.89. The monoisotopic (exact) mass is 638 g/mol. The van der Waals surface area contributed by atoms with Crippen LogP contribution in [0.25, 0.3) is 0 Å². The van der Waals surface area contributed by atoms with Crippen LogP contribution in [0.15, 0.2) is 20.1 Å². The number of thioether (sulfide) groups is 2. The van der Waals surface area contributed by atoms with Crippen LogP contribution in [0.3, 0.4) is 0 Å². The summed E-state index contributed by atoms with van der Waals surface area (Å²) in [6, 6.07) is -0.989. The predicted molar refractivity (Wildman–Crippen MR) is 132 cm³/mol. The quantitative estimate of drug-likeness (QED) is 0.330. The second-order valence-electron chi connectivity index (χ2n) is 8.57. The Morgan fingerprint density at radius 3 is 2.62 bits per heavy atom. The maximum absolute atomic E-state index is 13.3. The molecule has 2 aromatic heterocycles. The molecule has 37 heavy (non-hydrogen) atoms. The summed E-state index contributed by atoms with van der Waals surface area (Å²) in [6.45, 7) is 1.32. The van der Waals surface area contributed by atoms with Crippen molar-refractivity contribution in [3.63, 3.8) is 0 Å². The van der Waals surface area contributed by atoms with E-state index in [4.69, 9.17) is 0 Å². The summed E-state index contributed by atoms with van der Waals surface area (Å²) in [5.74, 6) is -1.99. The number of β-lactam (4-membered cyclic amide) rings is 1. The number of hydrogen-bond donors (Lipinski definition) is 2. The standard InChI is InChI=1S/C20H18BrF3N6O4S3/c1-7-26-27-19(37-7)36-6-9-5-35-17-12(16(32)30(17)14(9)18(33)34)25-10(31)4-29-13(8-2-3-8)11(21)15(28-29)20(22,23)24/h8,12,17H,2-6H2,1H3,(H,25,31)(H,33,34)/t12-,17-/m1/s1. The molecule has 1 saturated heterocycles. The number of halogens is 4. The summed E-state index contributed by atoms with van der Waals surface area (Å²) in [4.78, 5) is 38.8. The molecule has 2 aliphatic heterocycles. The maximum atomic E-state index is 13.3. The van der Waals surface area contributed by atoms with Crippen LogP contribution in [-0.2, 0) is 27.1 Å². The summed E-state index contributed by atoms with van der Waals surface area (Å²) >= 11 is 7.02. The first-order chi connectivity index (χ1) is 17.5. The highest BCUT2D eigenvalue weighted by Crippen LogP contribution is 2.47. The van der Waals surface area contributed by atoms with Crippen molar-refractivity contribution >= 4 is 68.6 Å². The molecular formula is C20H18BrF3N6O4S3. The highest BCUT2D eigenvalue weighted by Gasteiger charge is 2.54. The average molecular weight is 640 g/mol. The number of fused-ring (bicyclic) bond motifs is 1. The summed E-state index contributed by atoms with van der Waals surface area (Å²) in [7, 11) is 0. The van der Waals surface area contributed by atoms with Gasteiger partial charge in [-0.15, -0.1) is 22.0 Å². The van der Waals surface area contributed by atoms with Crippen LogP contribution in [0.4, 0.5) is 13.2 Å². The first-order valence-corrected chi connectivity index (χ1v) is 14.6. The number of aliphatic carboxylic acids is 1. The lowest BCUT2D eigenvalue weighted by Gasteiger charge is -2.49. The maximum Gasteiger partial charge on any atom is 0.436 e. The number of carbonyl (C=O) groups excluding carboxylic acids is 2. The average Bonchev–Trinajstić information content (AvgIpc) is 3.48. The van der Waals surface area contributed by atoms with E-state index >= 15 is 0 Å². The fourth-order valence-corrected chi connectivity index (χ4v) is 8.27. The molecule has 0 spiro atoms. The molecule has 3 aliphatic rings. The lowest BCUT2D eigenvalue weighted by atomic mass is 10.0. The summed E-state index contributed by atoms with van der Waals surface area (Å²) in [5.41, 5.74) is -0.351. The van der Waals surface area contributed by atoms with E-state index in [9.17, 15) is 32.7 Å². The molecule has 0 aromatic carbocycles. The van der Waals surface area contributed by atoms with Gasteiger partial charge in [0.2, 0.25) is 5.91 Å². The van der Waals surface area contributed by atoms with Crippen LogP contribution in [-0.4, -0.2) is 70.7 Å². The van der Waals surface area contributed by atoms with Crippen molar-refractivity contribution in [1.82, 2.24) is 30.2 Å². The molecule has 10 nitrogen and oxygen atoms in total. The molecule has 0 bridgehead atoms. The molecule has 0 radical (unpaired) electrons. The molecule has 198 valence electrons. The van der Waals surface area contributed by atoms with Crippen LogP contribution in [0.1, 0.15) is 35.2 Å². The number of carboxylic acid groups (broad SMARTS) is 1. The minimum absolute atomic E-state index is 0.116. The predicted octanol–water partition coefficient (Wildman–Crippen LogP) is 3.23. The topological polar surface area (TPSA) is 130 Å². The number of carboxylic acids is 1. The van der Waals surface area contributed by atoms with E-state index in [0.717, 1.165) is 14.6 Å². The van der Waals surface area contributed by atoms with E-state index in [1.807, 2.05) is 6.92 Å². The Bertz CT molecular complexity index is 1320. The third kappa shape index (κ3) is 5.14. The van der Waals surface area contributed by atoms with Crippen molar-refractivity contribution in [3.8, 4) is 0 Å². The highest BCUT2D eigenvalue weighted by atomic mass is 79.9. The van der Waals surface area contributed by atoms with Gasteiger partial charge in [-0.3, -0.25) is 19.2 Å². The zero-order valence-electron chi connectivity index (χ0n) is 18.9. The molecule has 5 rings (SSSR count). The number of hydrogen-bond acceptors (Lipinski definition) is 9. The van der Waals surface area contributed by atoms with Crippen molar-refractivity contribution in [2.24, 2.45) is 0 Å². The Morgan fingerprint density at radius 2 is 2.03 bits per heavy atom. The number of aryl methyl sites for hydroxylation is 1. The van der Waals surface area contributed by atoms with Gasteiger partial charge in [-0.2, -0.15) is 18.3 Å². The third-order valence-electron chi connectivity index (χ3n) is 5.90. The summed E-state index contributed by atoms with van der Waals surface area (Å²) in [5, 5.41) is 24.1. The van der Waals surface area contributed by atoms with Gasteiger partial charge in [-0.05, 0) is 41.3 Å². The normalized spacial score (nSPS) is 21.6. The SMILES string of the molecule is Cc1nnc(SCC2=C(C(=O)O)N3C(=O)[C@@H](NC(=O)Cn4nc(C(F)(F)F)c(Br)c4C4CC4)[C@H]3SC2)s1. The number of alkyl halides is 3. The first-order valence-electron chi connectivity index (χ1n) is 10.9. The molecule has 4 heterocycles. The molecule has 2 N–H and O–H groups in total. The second-order valence-corrected chi connectivity index (χ2v) is 12.9. The van der Waals surface area contributed by atoms with Crippen LogP contribution >= 0.6 is 50.8 Å². The number of carbonyl (C=O) groups is 3. The molecule has 2 amide bonds. The van der Waals surface area contributed by atoms with Crippen molar-refractivity contribution < 1.29 is 32.7 Å². The minimum atomic E-state index is -4.68. The van der Waals surface area contributed by atoms with E-state index in [1.165, 1.54) is 34.9 Å². The first kappa shape index (κ1) is 26.5. The van der Waals surface area contributed by atoms with Gasteiger partial charge in [-0.25, -0.2) is 4.79 Å². The van der Waals surface area contributed by atoms with E-state index in [-0.39, 0.29) is 16.1 Å². The van der Waals surface area contributed by atoms with Crippen LogP contribution in [0.5, 0.6) is 0 Å². The lowest BCUT2D eigenvalue weighted by Crippen LogP contribution is -2.70. The van der Waals surface area contributed by atoms with Gasteiger partial charge in [0.1, 0.15) is 28.7 Å². The summed E-state index contributed by atoms with van der Waals surface area (Å²) in [6.07, 6.45) is -3.29. The van der Waals surface area contributed by atoms with Gasteiger partial charge in [0.15, 0.2) is 10.0 Å². The summed E-state index contributed by atoms with van der Waals surface area (Å²) < 4.78 is 41.6. The third-order valence-corrected chi connectivity index (χ3v) is 10.1. The van der Waals surface area contributed by atoms with Crippen molar-refractivity contribution in [3.05, 3.63) is 32.1 Å². The number of aromatic nitrogens is 4. The molecule has 0 unspecified atom stereocenters. The van der Waals surface area contributed by atoms with E-state index in [0.29, 0.717) is 40.0 Å². The lowest BCUT2D eigenvalue weighted by molar-refractivity contribution is -0.150. The fourth-order valence-electron chi connectivity index (χ4n) is 4.14. The number of amides is 2. The molecule has 17 heteroatoms. The van der Waals surface area contributed by atoms with Gasteiger partial charge in [0, 0.05) is 17.4 Å². The Hall–Kier alpha value is -2.11. The molecule has 1 aliphatic carbocycles. The van der Waals surface area contributed by atoms with Gasteiger partial charge in [-0.1, -0.05) is 23.1 Å². The molecule has 2 fully saturated rings. The van der Waals surface area contributed by atoms with E-state index in [1.54, 1.807) is 0 Å². The Kier molecular flexibility index (Phi) is 7.08. The molecular weight excluding hydrogens is 621 g/mol. The molecule has 1 saturated carbocycles. The van der Waals surface area contributed by atoms with E-state index in [2.05, 4.69) is 36.5 Å². The molecule has 2 atom stereocenters. The number of nitrogens with zero attached hydrogens (tertiary/aromatic N) is 5. The molecule has 2 aromatic rings. The van der Waals surface area contributed by atoms with Crippen molar-refractivity contribution in [2.75, 3.05) is 11.5 Å². The van der Waals surface area contributed by atoms with Crippen LogP contribution in [0, 0.1) is 6.92 Å². The smallest absolute Gasteiger partial charge is 0.436 e. The largest absolute Gasteiger partial charge is 0.477 e. The van der Waals surface area contributed by atoms with E-state index < -0.39 is 47.6 Å². The number of rotatable bonds is 8. The Labute approximate surface area is 228 Å². The highest BCUT2D eigenvalue weighted by molar-refractivity contribution is 9.10. The Balaban J connectivity index is 1.28. The number of nitrogens with one attached hydrogen (secondary N) is 1. The fraction of sp³-hybridized carbons (Fsp3) is 0.500. The van der Waals surface area contributed by atoms with Crippen molar-refractivity contribution in [2.45, 2.75) is 54.2 Å². The Morgan fingerprint density at radius 1 is 1.30 bits per heavy atom. The van der Waals surface area contributed by atoms with Gasteiger partial charge in [0.25, 0.3) is 5.91 Å². The van der Waals surface area contributed by atoms with Gasteiger partial charge < -0.3 is 10.4 Å². The minimum Gasteiger partial charge on any atom is -0.477 e. The zero-order chi connectivity index (χ0) is 26.6.